The fraction of sp³-hybridized carbons (Fsp3) is 0.391. The molecule has 2 aromatic carbocycles. The second kappa shape index (κ2) is 8.73. The van der Waals surface area contributed by atoms with Gasteiger partial charge in [0.05, 0.1) is 0 Å². The van der Waals surface area contributed by atoms with Gasteiger partial charge in [-0.25, -0.2) is 17.6 Å². The lowest BCUT2D eigenvalue weighted by Gasteiger charge is -2.28. The van der Waals surface area contributed by atoms with Crippen LogP contribution in [0, 0.1) is 17.6 Å². The molecule has 2 aromatic rings. The maximum atomic E-state index is 14.4. The molecule has 0 unspecified atom stereocenters. The second-order valence-electron chi connectivity index (χ2n) is 7.39. The van der Waals surface area contributed by atoms with Gasteiger partial charge < -0.3 is 0 Å². The molecule has 27 heavy (non-hydrogen) atoms. The summed E-state index contributed by atoms with van der Waals surface area (Å²) in [6, 6.07) is 9.28. The van der Waals surface area contributed by atoms with Gasteiger partial charge in [-0.3, -0.25) is 0 Å². The minimum absolute atomic E-state index is 0.0978. The van der Waals surface area contributed by atoms with Gasteiger partial charge in [-0.1, -0.05) is 44.0 Å². The number of hydrogen-bond donors (Lipinski definition) is 0. The Labute approximate surface area is 157 Å². The lowest BCUT2D eigenvalue weighted by atomic mass is 9.77. The molecule has 0 aromatic heterocycles. The highest BCUT2D eigenvalue weighted by molar-refractivity contribution is 5.83. The summed E-state index contributed by atoms with van der Waals surface area (Å²) in [6.07, 6.45) is 7.21. The van der Waals surface area contributed by atoms with E-state index in [2.05, 4.69) is 6.92 Å². The molecule has 1 fully saturated rings. The Hall–Kier alpha value is -2.10. The predicted molar refractivity (Wildman–Crippen MR) is 101 cm³/mol. The van der Waals surface area contributed by atoms with Crippen molar-refractivity contribution in [3.05, 3.63) is 70.8 Å². The van der Waals surface area contributed by atoms with Crippen molar-refractivity contribution in [2.75, 3.05) is 0 Å². The molecule has 0 aliphatic heterocycles. The Morgan fingerprint density at radius 1 is 0.815 bits per heavy atom. The van der Waals surface area contributed by atoms with Gasteiger partial charge in [0.15, 0.2) is 23.3 Å². The van der Waals surface area contributed by atoms with Gasteiger partial charge in [0.2, 0.25) is 0 Å². The van der Waals surface area contributed by atoms with Crippen LogP contribution in [0.5, 0.6) is 0 Å². The van der Waals surface area contributed by atoms with Crippen LogP contribution in [-0.4, -0.2) is 0 Å². The molecule has 0 saturated heterocycles. The smallest absolute Gasteiger partial charge is 0.166 e. The van der Waals surface area contributed by atoms with E-state index in [1.807, 2.05) is 12.1 Å². The van der Waals surface area contributed by atoms with Crippen LogP contribution in [0.25, 0.3) is 11.7 Å². The van der Waals surface area contributed by atoms with E-state index in [9.17, 15) is 17.6 Å². The summed E-state index contributed by atoms with van der Waals surface area (Å²) in [7, 11) is 0. The molecule has 0 spiro atoms. The second-order valence-corrected chi connectivity index (χ2v) is 7.39. The van der Waals surface area contributed by atoms with Gasteiger partial charge in [-0.15, -0.1) is 0 Å². The van der Waals surface area contributed by atoms with Gasteiger partial charge in [-0.05, 0) is 61.3 Å². The number of halogens is 4. The van der Waals surface area contributed by atoms with Crippen LogP contribution in [0.3, 0.4) is 0 Å². The molecule has 1 aliphatic rings. The normalized spacial score (nSPS) is 21.1. The van der Waals surface area contributed by atoms with Crippen molar-refractivity contribution in [1.29, 1.82) is 0 Å². The van der Waals surface area contributed by atoms with E-state index >= 15 is 0 Å². The highest BCUT2D eigenvalue weighted by atomic mass is 19.2. The molecule has 0 atom stereocenters. The van der Waals surface area contributed by atoms with Crippen molar-refractivity contribution in [3.8, 4) is 0 Å². The Morgan fingerprint density at radius 2 is 1.41 bits per heavy atom. The summed E-state index contributed by atoms with van der Waals surface area (Å²) in [4.78, 5) is 0. The highest BCUT2D eigenvalue weighted by Gasteiger charge is 2.22. The minimum atomic E-state index is -1.20. The maximum absolute atomic E-state index is 14.4. The quantitative estimate of drug-likeness (QED) is 0.369. The molecule has 3 rings (SSSR count). The van der Waals surface area contributed by atoms with Crippen molar-refractivity contribution < 1.29 is 17.6 Å². The predicted octanol–water partition coefficient (Wildman–Crippen LogP) is 7.80. The third-order valence-corrected chi connectivity index (χ3v) is 5.54. The average molecular weight is 376 g/mol. The zero-order chi connectivity index (χ0) is 19.4. The maximum Gasteiger partial charge on any atom is 0.166 e. The largest absolute Gasteiger partial charge is 0.204 e. The molecule has 0 amide bonds. The van der Waals surface area contributed by atoms with Gasteiger partial charge in [-0.2, -0.15) is 0 Å². The zero-order valence-electron chi connectivity index (χ0n) is 15.5. The Bertz CT molecular complexity index is 800. The Morgan fingerprint density at radius 3 is 2.00 bits per heavy atom. The topological polar surface area (TPSA) is 0 Å². The van der Waals surface area contributed by atoms with E-state index in [1.54, 1.807) is 12.1 Å². The fourth-order valence-electron chi connectivity index (χ4n) is 3.98. The first-order chi connectivity index (χ1) is 13.0. The molecule has 0 radical (unpaired) electrons. The highest BCUT2D eigenvalue weighted by Crippen LogP contribution is 2.38. The molecule has 4 heteroatoms. The summed E-state index contributed by atoms with van der Waals surface area (Å²) in [5.41, 5.74) is 0.931. The summed E-state index contributed by atoms with van der Waals surface area (Å²) < 4.78 is 55.0. The minimum Gasteiger partial charge on any atom is -0.204 e. The van der Waals surface area contributed by atoms with Crippen molar-refractivity contribution in [1.82, 2.24) is 0 Å². The van der Waals surface area contributed by atoms with Crippen molar-refractivity contribution >= 4 is 11.7 Å². The molecule has 1 aliphatic carbocycles. The number of rotatable bonds is 5. The van der Waals surface area contributed by atoms with Crippen LogP contribution < -0.4 is 0 Å². The summed E-state index contributed by atoms with van der Waals surface area (Å²) in [6.45, 7) is 2.21. The van der Waals surface area contributed by atoms with Crippen molar-refractivity contribution in [2.24, 2.45) is 5.92 Å². The number of hydrogen-bond acceptors (Lipinski definition) is 0. The van der Waals surface area contributed by atoms with E-state index < -0.39 is 23.3 Å². The molecule has 0 heterocycles. The molecule has 0 bridgehead atoms. The van der Waals surface area contributed by atoms with Crippen LogP contribution in [0.1, 0.15) is 68.1 Å². The Balaban J connectivity index is 1.73. The first-order valence-electron chi connectivity index (χ1n) is 9.60. The third-order valence-electron chi connectivity index (χ3n) is 5.54. The van der Waals surface area contributed by atoms with E-state index in [1.165, 1.54) is 25.7 Å². The van der Waals surface area contributed by atoms with Gasteiger partial charge in [0, 0.05) is 11.1 Å². The molecule has 1 saturated carbocycles. The van der Waals surface area contributed by atoms with Crippen LogP contribution in [0.2, 0.25) is 0 Å². The molecule has 0 nitrogen and oxygen atoms in total. The third kappa shape index (κ3) is 4.60. The lowest BCUT2D eigenvalue weighted by Crippen LogP contribution is -2.13. The van der Waals surface area contributed by atoms with Crippen molar-refractivity contribution in [2.45, 2.75) is 51.4 Å². The Kier molecular flexibility index (Phi) is 6.35. The molecular weight excluding hydrogens is 352 g/mol. The van der Waals surface area contributed by atoms with E-state index in [0.717, 1.165) is 36.5 Å². The van der Waals surface area contributed by atoms with Gasteiger partial charge >= 0.3 is 0 Å². The average Bonchev–Trinajstić information content (AvgIpc) is 2.70. The SMILES string of the molecule is CCCC1CCC(c2ccc(/C(F)=C(\F)c3ccc(F)c(F)c3)cc2)CC1. The summed E-state index contributed by atoms with van der Waals surface area (Å²) in [5.74, 6) is -3.28. The summed E-state index contributed by atoms with van der Waals surface area (Å²) >= 11 is 0. The van der Waals surface area contributed by atoms with Crippen molar-refractivity contribution in [3.63, 3.8) is 0 Å². The van der Waals surface area contributed by atoms with Crippen LogP contribution in [0.4, 0.5) is 17.6 Å². The van der Waals surface area contributed by atoms with E-state index in [0.29, 0.717) is 12.0 Å². The van der Waals surface area contributed by atoms with E-state index in [-0.39, 0.29) is 11.1 Å². The standard InChI is InChI=1S/C23H24F4/c1-2-3-15-4-6-16(7-5-15)17-8-10-18(11-9-17)22(26)23(27)19-12-13-20(24)21(25)14-19/h8-16H,2-7H2,1H3/b23-22+. The van der Waals surface area contributed by atoms with Crippen LogP contribution in [-0.2, 0) is 0 Å². The number of benzene rings is 2. The molecular formula is C23H24F4. The van der Waals surface area contributed by atoms with Gasteiger partial charge in [0.25, 0.3) is 0 Å². The first-order valence-corrected chi connectivity index (χ1v) is 9.60. The molecule has 144 valence electrons. The summed E-state index contributed by atoms with van der Waals surface area (Å²) in [5, 5.41) is 0. The first kappa shape index (κ1) is 19.7. The zero-order valence-corrected chi connectivity index (χ0v) is 15.5. The van der Waals surface area contributed by atoms with Gasteiger partial charge in [0.1, 0.15) is 0 Å². The fourth-order valence-corrected chi connectivity index (χ4v) is 3.98. The van der Waals surface area contributed by atoms with E-state index in [4.69, 9.17) is 0 Å². The van der Waals surface area contributed by atoms with Crippen LogP contribution in [0.15, 0.2) is 42.5 Å². The lowest BCUT2D eigenvalue weighted by molar-refractivity contribution is 0.308. The monoisotopic (exact) mass is 376 g/mol. The van der Waals surface area contributed by atoms with Crippen LogP contribution >= 0.6 is 0 Å². The molecule has 0 N–H and O–H groups in total.